The van der Waals surface area contributed by atoms with Crippen molar-refractivity contribution in [2.75, 3.05) is 30.3 Å². The second kappa shape index (κ2) is 4.68. The molecule has 1 amide bonds. The highest BCUT2D eigenvalue weighted by Gasteiger charge is 2.29. The van der Waals surface area contributed by atoms with Crippen LogP contribution in [0.15, 0.2) is 0 Å². The molecule has 1 aliphatic heterocycles. The standard InChI is InChI=1S/C13H19N5O/c1-8-11(14)16-12(9-2-3-9)17-13(8)18-6-4-10(19)15-5-7-18/h9H,2-7H2,1H3,(H,15,19)(H2,14,16,17). The SMILES string of the molecule is Cc1c(N)nc(C2CC2)nc1N1CCNC(=O)CC1. The molecule has 0 unspecified atom stereocenters. The number of rotatable bonds is 2. The predicted octanol–water partition coefficient (Wildman–Crippen LogP) is 0.571. The third-order valence-electron chi connectivity index (χ3n) is 3.73. The second-order valence-electron chi connectivity index (χ2n) is 5.28. The van der Waals surface area contributed by atoms with Gasteiger partial charge in [0, 0.05) is 37.5 Å². The molecule has 2 aliphatic rings. The fourth-order valence-electron chi connectivity index (χ4n) is 2.35. The van der Waals surface area contributed by atoms with E-state index in [9.17, 15) is 4.79 Å². The second-order valence-corrected chi connectivity index (χ2v) is 5.28. The molecule has 102 valence electrons. The van der Waals surface area contributed by atoms with E-state index < -0.39 is 0 Å². The summed E-state index contributed by atoms with van der Waals surface area (Å²) < 4.78 is 0. The predicted molar refractivity (Wildman–Crippen MR) is 73.0 cm³/mol. The lowest BCUT2D eigenvalue weighted by atomic mass is 10.2. The smallest absolute Gasteiger partial charge is 0.221 e. The van der Waals surface area contributed by atoms with Gasteiger partial charge in [-0.3, -0.25) is 4.79 Å². The quantitative estimate of drug-likeness (QED) is 0.813. The molecule has 2 heterocycles. The van der Waals surface area contributed by atoms with E-state index in [0.29, 0.717) is 31.2 Å². The molecular weight excluding hydrogens is 242 g/mol. The fourth-order valence-corrected chi connectivity index (χ4v) is 2.35. The fraction of sp³-hybridized carbons (Fsp3) is 0.615. The van der Waals surface area contributed by atoms with Gasteiger partial charge in [0.25, 0.3) is 0 Å². The van der Waals surface area contributed by atoms with Gasteiger partial charge in [0.05, 0.1) is 0 Å². The molecule has 3 rings (SSSR count). The van der Waals surface area contributed by atoms with Crippen LogP contribution in [0.2, 0.25) is 0 Å². The Kier molecular flexibility index (Phi) is 3.00. The lowest BCUT2D eigenvalue weighted by Gasteiger charge is -2.23. The van der Waals surface area contributed by atoms with Gasteiger partial charge in [0.2, 0.25) is 5.91 Å². The zero-order chi connectivity index (χ0) is 13.4. The van der Waals surface area contributed by atoms with Crippen LogP contribution in [0.25, 0.3) is 0 Å². The highest BCUT2D eigenvalue weighted by Crippen LogP contribution is 2.39. The van der Waals surface area contributed by atoms with Crippen molar-refractivity contribution in [3.05, 3.63) is 11.4 Å². The van der Waals surface area contributed by atoms with E-state index in [-0.39, 0.29) is 5.91 Å². The molecule has 0 spiro atoms. The summed E-state index contributed by atoms with van der Waals surface area (Å²) in [6.45, 7) is 4.06. The molecular formula is C13H19N5O. The minimum absolute atomic E-state index is 0.101. The molecule has 0 radical (unpaired) electrons. The van der Waals surface area contributed by atoms with Crippen molar-refractivity contribution in [1.82, 2.24) is 15.3 Å². The molecule has 1 saturated carbocycles. The van der Waals surface area contributed by atoms with Crippen LogP contribution >= 0.6 is 0 Å². The minimum Gasteiger partial charge on any atom is -0.383 e. The van der Waals surface area contributed by atoms with Crippen LogP contribution in [0.1, 0.15) is 36.6 Å². The van der Waals surface area contributed by atoms with Crippen LogP contribution in [0.5, 0.6) is 0 Å². The van der Waals surface area contributed by atoms with Gasteiger partial charge in [-0.25, -0.2) is 9.97 Å². The Morgan fingerprint density at radius 1 is 1.32 bits per heavy atom. The van der Waals surface area contributed by atoms with E-state index in [4.69, 9.17) is 5.73 Å². The van der Waals surface area contributed by atoms with Crippen molar-refractivity contribution in [3.8, 4) is 0 Å². The number of nitrogen functional groups attached to an aromatic ring is 1. The average molecular weight is 261 g/mol. The number of nitrogens with one attached hydrogen (secondary N) is 1. The van der Waals surface area contributed by atoms with Gasteiger partial charge < -0.3 is 16.0 Å². The molecule has 1 aliphatic carbocycles. The highest BCUT2D eigenvalue weighted by atomic mass is 16.1. The van der Waals surface area contributed by atoms with Crippen LogP contribution < -0.4 is 16.0 Å². The first-order chi connectivity index (χ1) is 9.15. The molecule has 6 nitrogen and oxygen atoms in total. The van der Waals surface area contributed by atoms with Gasteiger partial charge in [-0.1, -0.05) is 0 Å². The molecule has 1 aromatic heterocycles. The lowest BCUT2D eigenvalue weighted by molar-refractivity contribution is -0.120. The highest BCUT2D eigenvalue weighted by molar-refractivity contribution is 5.77. The summed E-state index contributed by atoms with van der Waals surface area (Å²) in [6, 6.07) is 0. The Labute approximate surface area is 112 Å². The Hall–Kier alpha value is -1.85. The Morgan fingerprint density at radius 2 is 2.11 bits per heavy atom. The van der Waals surface area contributed by atoms with Gasteiger partial charge in [-0.15, -0.1) is 0 Å². The van der Waals surface area contributed by atoms with E-state index in [1.54, 1.807) is 0 Å². The summed E-state index contributed by atoms with van der Waals surface area (Å²) in [5.74, 6) is 2.90. The van der Waals surface area contributed by atoms with E-state index in [2.05, 4.69) is 20.2 Å². The van der Waals surface area contributed by atoms with Gasteiger partial charge >= 0.3 is 0 Å². The summed E-state index contributed by atoms with van der Waals surface area (Å²) >= 11 is 0. The first-order valence-electron chi connectivity index (χ1n) is 6.81. The van der Waals surface area contributed by atoms with Gasteiger partial charge in [0.15, 0.2) is 0 Å². The molecule has 0 bridgehead atoms. The molecule has 19 heavy (non-hydrogen) atoms. The largest absolute Gasteiger partial charge is 0.383 e. The number of hydrogen-bond acceptors (Lipinski definition) is 5. The topological polar surface area (TPSA) is 84.1 Å². The molecule has 0 atom stereocenters. The normalized spacial score (nSPS) is 20.1. The summed E-state index contributed by atoms with van der Waals surface area (Å²) in [5, 5.41) is 2.87. The zero-order valence-electron chi connectivity index (χ0n) is 11.1. The van der Waals surface area contributed by atoms with Gasteiger partial charge in [-0.05, 0) is 19.8 Å². The molecule has 2 fully saturated rings. The summed E-state index contributed by atoms with van der Waals surface area (Å²) in [6.07, 6.45) is 2.81. The molecule has 1 saturated heterocycles. The average Bonchev–Trinajstić information content (AvgIpc) is 3.20. The maximum Gasteiger partial charge on any atom is 0.221 e. The first kappa shape index (κ1) is 12.2. The van der Waals surface area contributed by atoms with Crippen LogP contribution in [-0.2, 0) is 4.79 Å². The number of aromatic nitrogens is 2. The van der Waals surface area contributed by atoms with Crippen LogP contribution in [0, 0.1) is 6.92 Å². The Bertz CT molecular complexity index is 512. The van der Waals surface area contributed by atoms with E-state index in [0.717, 1.165) is 36.6 Å². The number of hydrogen-bond donors (Lipinski definition) is 2. The maximum absolute atomic E-state index is 11.4. The van der Waals surface area contributed by atoms with Crippen molar-refractivity contribution in [3.63, 3.8) is 0 Å². The van der Waals surface area contributed by atoms with E-state index in [1.165, 1.54) is 0 Å². The lowest BCUT2D eigenvalue weighted by Crippen LogP contribution is -2.30. The van der Waals surface area contributed by atoms with Crippen LogP contribution in [0.4, 0.5) is 11.6 Å². The van der Waals surface area contributed by atoms with Crippen LogP contribution in [0.3, 0.4) is 0 Å². The number of amides is 1. The molecule has 1 aromatic rings. The molecule has 6 heteroatoms. The monoisotopic (exact) mass is 261 g/mol. The number of nitrogens with two attached hydrogens (primary N) is 1. The van der Waals surface area contributed by atoms with Gasteiger partial charge in [0.1, 0.15) is 17.5 Å². The van der Waals surface area contributed by atoms with Crippen molar-refractivity contribution in [1.29, 1.82) is 0 Å². The molecule has 0 aromatic carbocycles. The number of nitrogens with zero attached hydrogens (tertiary/aromatic N) is 3. The maximum atomic E-state index is 11.4. The zero-order valence-corrected chi connectivity index (χ0v) is 11.1. The van der Waals surface area contributed by atoms with Crippen molar-refractivity contribution in [2.45, 2.75) is 32.1 Å². The first-order valence-corrected chi connectivity index (χ1v) is 6.81. The minimum atomic E-state index is 0.101. The summed E-state index contributed by atoms with van der Waals surface area (Å²) in [4.78, 5) is 22.6. The number of anilines is 2. The summed E-state index contributed by atoms with van der Waals surface area (Å²) in [7, 11) is 0. The van der Waals surface area contributed by atoms with Crippen molar-refractivity contribution in [2.24, 2.45) is 0 Å². The number of carbonyl (C=O) groups excluding carboxylic acids is 1. The third kappa shape index (κ3) is 2.47. The van der Waals surface area contributed by atoms with Gasteiger partial charge in [-0.2, -0.15) is 0 Å². The Balaban J connectivity index is 1.91. The van der Waals surface area contributed by atoms with Crippen molar-refractivity contribution >= 4 is 17.5 Å². The third-order valence-corrected chi connectivity index (χ3v) is 3.73. The number of carbonyl (C=O) groups is 1. The summed E-state index contributed by atoms with van der Waals surface area (Å²) in [5.41, 5.74) is 6.92. The van der Waals surface area contributed by atoms with Crippen LogP contribution in [-0.4, -0.2) is 35.5 Å². The van der Waals surface area contributed by atoms with E-state index >= 15 is 0 Å². The van der Waals surface area contributed by atoms with E-state index in [1.807, 2.05) is 6.92 Å². The Morgan fingerprint density at radius 3 is 2.84 bits per heavy atom. The molecule has 3 N–H and O–H groups in total. The van der Waals surface area contributed by atoms with Crippen molar-refractivity contribution < 1.29 is 4.79 Å².